The Morgan fingerprint density at radius 3 is 2.85 bits per heavy atom. The molecule has 0 aromatic heterocycles. The lowest BCUT2D eigenvalue weighted by Crippen LogP contribution is -2.19. The van der Waals surface area contributed by atoms with Crippen molar-refractivity contribution >= 4 is 21.6 Å². The second-order valence-electron chi connectivity index (χ2n) is 3.80. The Balaban J connectivity index is 2.04. The molecule has 70 valence electrons. The molecule has 2 heteroatoms. The summed E-state index contributed by atoms with van der Waals surface area (Å²) < 4.78 is 1.16. The molecule has 0 radical (unpaired) electrons. The molecule has 0 saturated heterocycles. The summed E-state index contributed by atoms with van der Waals surface area (Å²) in [6, 6.07) is 8.48. The zero-order valence-electron chi connectivity index (χ0n) is 7.83. The van der Waals surface area contributed by atoms with Crippen molar-refractivity contribution in [3.05, 3.63) is 28.7 Å². The predicted molar refractivity (Wildman–Crippen MR) is 60.1 cm³/mol. The summed E-state index contributed by atoms with van der Waals surface area (Å²) in [7, 11) is 2.17. The van der Waals surface area contributed by atoms with Crippen molar-refractivity contribution in [3.63, 3.8) is 0 Å². The molecule has 1 aromatic rings. The molecule has 2 rings (SSSR count). The first-order valence-corrected chi connectivity index (χ1v) is 5.52. The molecule has 1 nitrogen and oxygen atoms in total. The molecule has 0 aliphatic heterocycles. The SMILES string of the molecule is CN(CC1CC1)c1cccc(Br)c1. The first kappa shape index (κ1) is 9.07. The summed E-state index contributed by atoms with van der Waals surface area (Å²) in [5.41, 5.74) is 1.31. The predicted octanol–water partition coefficient (Wildman–Crippen LogP) is 3.30. The van der Waals surface area contributed by atoms with E-state index in [1.807, 2.05) is 0 Å². The summed E-state index contributed by atoms with van der Waals surface area (Å²) in [6.45, 7) is 1.20. The highest BCUT2D eigenvalue weighted by molar-refractivity contribution is 9.10. The van der Waals surface area contributed by atoms with Crippen molar-refractivity contribution in [2.24, 2.45) is 5.92 Å². The largest absolute Gasteiger partial charge is 0.374 e. The lowest BCUT2D eigenvalue weighted by Gasteiger charge is -2.18. The van der Waals surface area contributed by atoms with Crippen molar-refractivity contribution in [1.29, 1.82) is 0 Å². The van der Waals surface area contributed by atoms with Crippen molar-refractivity contribution in [3.8, 4) is 0 Å². The van der Waals surface area contributed by atoms with Crippen molar-refractivity contribution < 1.29 is 0 Å². The molecule has 0 atom stereocenters. The van der Waals surface area contributed by atoms with Crippen LogP contribution in [-0.2, 0) is 0 Å². The summed E-state index contributed by atoms with van der Waals surface area (Å²) >= 11 is 3.49. The molecule has 1 aliphatic rings. The third-order valence-corrected chi connectivity index (χ3v) is 2.97. The lowest BCUT2D eigenvalue weighted by atomic mass is 10.3. The van der Waals surface area contributed by atoms with E-state index < -0.39 is 0 Å². The zero-order chi connectivity index (χ0) is 9.26. The molecule has 0 amide bonds. The number of anilines is 1. The number of nitrogens with zero attached hydrogens (tertiary/aromatic N) is 1. The molecule has 1 aliphatic carbocycles. The van der Waals surface area contributed by atoms with Gasteiger partial charge in [0.2, 0.25) is 0 Å². The van der Waals surface area contributed by atoms with E-state index in [4.69, 9.17) is 0 Å². The van der Waals surface area contributed by atoms with Gasteiger partial charge in [-0.05, 0) is 37.0 Å². The highest BCUT2D eigenvalue weighted by Gasteiger charge is 2.22. The van der Waals surface area contributed by atoms with Gasteiger partial charge in [0.05, 0.1) is 0 Å². The van der Waals surface area contributed by atoms with Gasteiger partial charge in [-0.1, -0.05) is 22.0 Å². The molecular formula is C11H14BrN. The van der Waals surface area contributed by atoms with E-state index >= 15 is 0 Å². The van der Waals surface area contributed by atoms with Crippen LogP contribution in [0.2, 0.25) is 0 Å². The standard InChI is InChI=1S/C11H14BrN/c1-13(8-9-5-6-9)11-4-2-3-10(12)7-11/h2-4,7,9H,5-6,8H2,1H3. The molecule has 0 heterocycles. The Morgan fingerprint density at radius 2 is 2.23 bits per heavy atom. The topological polar surface area (TPSA) is 3.24 Å². The maximum absolute atomic E-state index is 3.49. The van der Waals surface area contributed by atoms with Gasteiger partial charge in [-0.25, -0.2) is 0 Å². The second kappa shape index (κ2) is 3.70. The number of hydrogen-bond acceptors (Lipinski definition) is 1. The van der Waals surface area contributed by atoms with Crippen LogP contribution in [0.1, 0.15) is 12.8 Å². The van der Waals surface area contributed by atoms with Gasteiger partial charge in [0.15, 0.2) is 0 Å². The Bertz CT molecular complexity index is 294. The quantitative estimate of drug-likeness (QED) is 0.783. The van der Waals surface area contributed by atoms with Gasteiger partial charge in [-0.3, -0.25) is 0 Å². The Morgan fingerprint density at radius 1 is 1.46 bits per heavy atom. The van der Waals surface area contributed by atoms with Gasteiger partial charge < -0.3 is 4.90 Å². The maximum Gasteiger partial charge on any atom is 0.0375 e. The molecule has 1 saturated carbocycles. The number of hydrogen-bond donors (Lipinski definition) is 0. The number of rotatable bonds is 3. The Kier molecular flexibility index (Phi) is 2.58. The van der Waals surface area contributed by atoms with Crippen molar-refractivity contribution in [2.45, 2.75) is 12.8 Å². The zero-order valence-corrected chi connectivity index (χ0v) is 9.42. The molecule has 0 N–H and O–H groups in total. The van der Waals surface area contributed by atoms with Crippen molar-refractivity contribution in [1.82, 2.24) is 0 Å². The maximum atomic E-state index is 3.49. The molecule has 1 aromatic carbocycles. The average molecular weight is 240 g/mol. The van der Waals surface area contributed by atoms with Gasteiger partial charge in [0.25, 0.3) is 0 Å². The second-order valence-corrected chi connectivity index (χ2v) is 4.72. The summed E-state index contributed by atoms with van der Waals surface area (Å²) in [5.74, 6) is 0.948. The number of benzene rings is 1. The van der Waals surface area contributed by atoms with Crippen molar-refractivity contribution in [2.75, 3.05) is 18.5 Å². The molecule has 0 unspecified atom stereocenters. The van der Waals surface area contributed by atoms with E-state index in [2.05, 4.69) is 52.1 Å². The number of halogens is 1. The van der Waals surface area contributed by atoms with Crippen LogP contribution in [0.15, 0.2) is 28.7 Å². The fourth-order valence-electron chi connectivity index (χ4n) is 1.51. The average Bonchev–Trinajstić information content (AvgIpc) is 2.88. The Hall–Kier alpha value is -0.500. The van der Waals surface area contributed by atoms with Crippen LogP contribution in [0.5, 0.6) is 0 Å². The molecule has 0 spiro atoms. The first-order valence-electron chi connectivity index (χ1n) is 4.72. The first-order chi connectivity index (χ1) is 6.25. The van der Waals surface area contributed by atoms with Crippen LogP contribution in [0.3, 0.4) is 0 Å². The van der Waals surface area contributed by atoms with E-state index in [-0.39, 0.29) is 0 Å². The molecule has 13 heavy (non-hydrogen) atoms. The smallest absolute Gasteiger partial charge is 0.0375 e. The van der Waals surface area contributed by atoms with Gasteiger partial charge in [-0.15, -0.1) is 0 Å². The van der Waals surface area contributed by atoms with Gasteiger partial charge in [0.1, 0.15) is 0 Å². The molecule has 1 fully saturated rings. The lowest BCUT2D eigenvalue weighted by molar-refractivity contribution is 0.787. The van der Waals surface area contributed by atoms with Gasteiger partial charge in [-0.2, -0.15) is 0 Å². The fraction of sp³-hybridized carbons (Fsp3) is 0.455. The van der Waals surface area contributed by atoms with E-state index in [1.54, 1.807) is 0 Å². The fourth-order valence-corrected chi connectivity index (χ4v) is 1.89. The van der Waals surface area contributed by atoms with Gasteiger partial charge >= 0.3 is 0 Å². The van der Waals surface area contributed by atoms with E-state index in [1.165, 1.54) is 25.1 Å². The van der Waals surface area contributed by atoms with E-state index in [0.717, 1.165) is 10.4 Å². The van der Waals surface area contributed by atoms with E-state index in [0.29, 0.717) is 0 Å². The van der Waals surface area contributed by atoms with Crippen LogP contribution in [-0.4, -0.2) is 13.6 Å². The van der Waals surface area contributed by atoms with Crippen LogP contribution in [0.25, 0.3) is 0 Å². The van der Waals surface area contributed by atoms with Gasteiger partial charge in [0, 0.05) is 23.8 Å². The third-order valence-electron chi connectivity index (χ3n) is 2.48. The summed E-state index contributed by atoms with van der Waals surface area (Å²) in [6.07, 6.45) is 2.83. The van der Waals surface area contributed by atoms with Crippen LogP contribution in [0, 0.1) is 5.92 Å². The van der Waals surface area contributed by atoms with E-state index in [9.17, 15) is 0 Å². The normalized spacial score (nSPS) is 15.8. The summed E-state index contributed by atoms with van der Waals surface area (Å²) in [4.78, 5) is 2.34. The molecule has 0 bridgehead atoms. The third kappa shape index (κ3) is 2.47. The van der Waals surface area contributed by atoms with Crippen LogP contribution < -0.4 is 4.90 Å². The highest BCUT2D eigenvalue weighted by atomic mass is 79.9. The minimum Gasteiger partial charge on any atom is -0.374 e. The monoisotopic (exact) mass is 239 g/mol. The summed E-state index contributed by atoms with van der Waals surface area (Å²) in [5, 5.41) is 0. The van der Waals surface area contributed by atoms with Crippen LogP contribution in [0.4, 0.5) is 5.69 Å². The van der Waals surface area contributed by atoms with Crippen LogP contribution >= 0.6 is 15.9 Å². The minimum absolute atomic E-state index is 0.948. The molecular weight excluding hydrogens is 226 g/mol. The minimum atomic E-state index is 0.948. The highest BCUT2D eigenvalue weighted by Crippen LogP contribution is 2.31. The Labute approximate surface area is 87.9 Å².